The molecule has 1 fully saturated rings. The van der Waals surface area contributed by atoms with Gasteiger partial charge in [0.25, 0.3) is 0 Å². The van der Waals surface area contributed by atoms with Gasteiger partial charge in [0.1, 0.15) is 6.54 Å². The average molecular weight is 317 g/mol. The second kappa shape index (κ2) is 5.10. The number of rotatable bonds is 3. The van der Waals surface area contributed by atoms with Crippen LogP contribution in [0.4, 0.5) is 13.2 Å². The van der Waals surface area contributed by atoms with E-state index < -0.39 is 24.7 Å². The van der Waals surface area contributed by atoms with Crippen molar-refractivity contribution in [3.63, 3.8) is 0 Å². The lowest BCUT2D eigenvalue weighted by molar-refractivity contribution is -0.158. The first-order valence-corrected chi connectivity index (χ1v) is 7.06. The van der Waals surface area contributed by atoms with Gasteiger partial charge in [-0.2, -0.15) is 29.3 Å². The first-order valence-electron chi connectivity index (χ1n) is 6.12. The van der Waals surface area contributed by atoms with Gasteiger partial charge >= 0.3 is 6.18 Å². The summed E-state index contributed by atoms with van der Waals surface area (Å²) in [6.45, 7) is -1.20. The Morgan fingerprint density at radius 2 is 2.24 bits per heavy atom. The van der Waals surface area contributed by atoms with Gasteiger partial charge in [-0.25, -0.2) is 0 Å². The first kappa shape index (κ1) is 14.0. The minimum Gasteiger partial charge on any atom is -0.332 e. The predicted molar refractivity (Wildman–Crippen MR) is 67.4 cm³/mol. The van der Waals surface area contributed by atoms with Crippen molar-refractivity contribution < 1.29 is 18.0 Å². The topological polar surface area (TPSA) is 63.9 Å². The number of alkyl halides is 3. The largest absolute Gasteiger partial charge is 0.406 e. The van der Waals surface area contributed by atoms with Gasteiger partial charge in [-0.3, -0.25) is 4.79 Å². The number of carbonyl (C=O) groups excluding carboxylic acids is 1. The van der Waals surface area contributed by atoms with Crippen molar-refractivity contribution in [2.75, 3.05) is 13.1 Å². The SMILES string of the molecule is O=C1C(n2nnc(-c3ccsc3)n2)CCN1CC(F)(F)F. The van der Waals surface area contributed by atoms with Crippen LogP contribution < -0.4 is 0 Å². The fourth-order valence-electron chi connectivity index (χ4n) is 2.17. The van der Waals surface area contributed by atoms with E-state index in [2.05, 4.69) is 15.4 Å². The van der Waals surface area contributed by atoms with E-state index in [4.69, 9.17) is 0 Å². The summed E-state index contributed by atoms with van der Waals surface area (Å²) in [5, 5.41) is 15.4. The summed E-state index contributed by atoms with van der Waals surface area (Å²) in [4.78, 5) is 13.9. The summed E-state index contributed by atoms with van der Waals surface area (Å²) in [6, 6.07) is 0.991. The standard InChI is InChI=1S/C11H10F3N5OS/c12-11(13,14)6-18-3-1-8(10(18)20)19-16-9(15-17-19)7-2-4-21-5-7/h2,4-5,8H,1,3,6H2. The lowest BCUT2D eigenvalue weighted by atomic mass is 10.3. The van der Waals surface area contributed by atoms with Crippen molar-refractivity contribution in [3.05, 3.63) is 16.8 Å². The third-order valence-electron chi connectivity index (χ3n) is 3.13. The van der Waals surface area contributed by atoms with E-state index in [1.165, 1.54) is 11.3 Å². The average Bonchev–Trinajstić information content (AvgIpc) is 3.09. The molecule has 112 valence electrons. The third-order valence-corrected chi connectivity index (χ3v) is 3.81. The maximum absolute atomic E-state index is 12.4. The van der Waals surface area contributed by atoms with Gasteiger partial charge in [-0.05, 0) is 23.1 Å². The Morgan fingerprint density at radius 1 is 1.43 bits per heavy atom. The van der Waals surface area contributed by atoms with E-state index in [9.17, 15) is 18.0 Å². The predicted octanol–water partition coefficient (Wildman–Crippen LogP) is 1.74. The molecule has 1 saturated heterocycles. The van der Waals surface area contributed by atoms with Crippen LogP contribution in [0.2, 0.25) is 0 Å². The number of nitrogens with zero attached hydrogens (tertiary/aromatic N) is 5. The molecule has 1 atom stereocenters. The zero-order chi connectivity index (χ0) is 15.0. The Kier molecular flexibility index (Phi) is 3.40. The second-order valence-corrected chi connectivity index (χ2v) is 5.40. The van der Waals surface area contributed by atoms with Gasteiger partial charge in [0.15, 0.2) is 6.04 Å². The molecule has 21 heavy (non-hydrogen) atoms. The molecule has 2 aromatic rings. The zero-order valence-electron chi connectivity index (χ0n) is 10.6. The minimum absolute atomic E-state index is 0.0400. The Balaban J connectivity index is 1.75. The van der Waals surface area contributed by atoms with Crippen molar-refractivity contribution in [1.82, 2.24) is 25.1 Å². The monoisotopic (exact) mass is 317 g/mol. The van der Waals surface area contributed by atoms with Crippen LogP contribution in [0, 0.1) is 0 Å². The van der Waals surface area contributed by atoms with Gasteiger partial charge in [0, 0.05) is 17.5 Å². The van der Waals surface area contributed by atoms with Crippen LogP contribution in [0.1, 0.15) is 12.5 Å². The van der Waals surface area contributed by atoms with E-state index in [0.717, 1.165) is 15.3 Å². The van der Waals surface area contributed by atoms with Crippen LogP contribution >= 0.6 is 11.3 Å². The molecule has 2 aromatic heterocycles. The van der Waals surface area contributed by atoms with E-state index in [-0.39, 0.29) is 13.0 Å². The quantitative estimate of drug-likeness (QED) is 0.865. The summed E-state index contributed by atoms with van der Waals surface area (Å²) >= 11 is 1.47. The number of hydrogen-bond acceptors (Lipinski definition) is 5. The van der Waals surface area contributed by atoms with Gasteiger partial charge in [0.2, 0.25) is 11.7 Å². The van der Waals surface area contributed by atoms with Crippen LogP contribution in [0.25, 0.3) is 11.4 Å². The summed E-state index contributed by atoms with van der Waals surface area (Å²) < 4.78 is 37.1. The maximum atomic E-state index is 12.4. The highest BCUT2D eigenvalue weighted by atomic mass is 32.1. The van der Waals surface area contributed by atoms with Crippen molar-refractivity contribution in [2.24, 2.45) is 0 Å². The molecule has 1 aliphatic rings. The summed E-state index contributed by atoms with van der Waals surface area (Å²) in [7, 11) is 0. The molecular formula is C11H10F3N5OS. The maximum Gasteiger partial charge on any atom is 0.406 e. The van der Waals surface area contributed by atoms with E-state index >= 15 is 0 Å². The summed E-state index contributed by atoms with van der Waals surface area (Å²) in [6.07, 6.45) is -4.16. The number of aromatic nitrogens is 4. The number of halogens is 3. The van der Waals surface area contributed by atoms with Gasteiger partial charge < -0.3 is 4.90 Å². The normalized spacial score (nSPS) is 19.5. The fourth-order valence-corrected chi connectivity index (χ4v) is 2.81. The van der Waals surface area contributed by atoms with E-state index in [1.807, 2.05) is 10.8 Å². The van der Waals surface area contributed by atoms with Gasteiger partial charge in [-0.15, -0.1) is 10.2 Å². The van der Waals surface area contributed by atoms with Crippen LogP contribution in [0.15, 0.2) is 16.8 Å². The van der Waals surface area contributed by atoms with Gasteiger partial charge in [-0.1, -0.05) is 0 Å². The molecule has 0 spiro atoms. The Morgan fingerprint density at radius 3 is 2.90 bits per heavy atom. The van der Waals surface area contributed by atoms with E-state index in [0.29, 0.717) is 5.82 Å². The Bertz CT molecular complexity index is 639. The molecule has 1 amide bonds. The highest BCUT2D eigenvalue weighted by Crippen LogP contribution is 2.26. The number of carbonyl (C=O) groups is 1. The van der Waals surface area contributed by atoms with Crippen molar-refractivity contribution in [2.45, 2.75) is 18.6 Å². The molecule has 0 aromatic carbocycles. The molecular weight excluding hydrogens is 307 g/mol. The molecule has 6 nitrogen and oxygen atoms in total. The molecule has 10 heteroatoms. The molecule has 0 saturated carbocycles. The van der Waals surface area contributed by atoms with Crippen molar-refractivity contribution >= 4 is 17.2 Å². The molecule has 1 aliphatic heterocycles. The lowest BCUT2D eigenvalue weighted by Crippen LogP contribution is -2.37. The van der Waals surface area contributed by atoms with E-state index in [1.54, 1.807) is 6.07 Å². The number of hydrogen-bond donors (Lipinski definition) is 0. The van der Waals surface area contributed by atoms with Crippen LogP contribution in [0.5, 0.6) is 0 Å². The number of likely N-dealkylation sites (tertiary alicyclic amines) is 1. The summed E-state index contributed by atoms with van der Waals surface area (Å²) in [5.41, 5.74) is 0.767. The van der Waals surface area contributed by atoms with Crippen LogP contribution in [0.3, 0.4) is 0 Å². The molecule has 3 heterocycles. The Labute approximate surface area is 121 Å². The molecule has 0 radical (unpaired) electrons. The first-order chi connectivity index (χ1) is 9.94. The van der Waals surface area contributed by atoms with Crippen LogP contribution in [-0.4, -0.2) is 50.3 Å². The second-order valence-electron chi connectivity index (χ2n) is 4.62. The molecule has 1 unspecified atom stereocenters. The highest BCUT2D eigenvalue weighted by molar-refractivity contribution is 7.08. The molecule has 0 N–H and O–H groups in total. The molecule has 0 aliphatic carbocycles. The minimum atomic E-state index is -4.40. The smallest absolute Gasteiger partial charge is 0.332 e. The zero-order valence-corrected chi connectivity index (χ0v) is 11.4. The highest BCUT2D eigenvalue weighted by Gasteiger charge is 2.41. The Hall–Kier alpha value is -1.97. The fraction of sp³-hybridized carbons (Fsp3) is 0.455. The lowest BCUT2D eigenvalue weighted by Gasteiger charge is -2.17. The van der Waals surface area contributed by atoms with Crippen LogP contribution in [-0.2, 0) is 4.79 Å². The third kappa shape index (κ3) is 2.89. The number of tetrazole rings is 1. The van der Waals surface area contributed by atoms with Crippen molar-refractivity contribution in [1.29, 1.82) is 0 Å². The van der Waals surface area contributed by atoms with Crippen molar-refractivity contribution in [3.8, 4) is 11.4 Å². The molecule has 3 rings (SSSR count). The summed E-state index contributed by atoms with van der Waals surface area (Å²) in [5.74, 6) is -0.264. The number of thiophene rings is 1. The molecule has 0 bridgehead atoms. The number of amides is 1. The van der Waals surface area contributed by atoms with Gasteiger partial charge in [0.05, 0.1) is 0 Å².